The molecular formula is C18H15ClFNO4S3. The molecule has 0 radical (unpaired) electrons. The Morgan fingerprint density at radius 1 is 0.929 bits per heavy atom. The lowest BCUT2D eigenvalue weighted by Gasteiger charge is -2.17. The van der Waals surface area contributed by atoms with Crippen molar-refractivity contribution in [3.8, 4) is 0 Å². The first kappa shape index (κ1) is 20.9. The molecule has 0 saturated heterocycles. The minimum atomic E-state index is -4.01. The first-order valence-electron chi connectivity index (χ1n) is 7.98. The number of hydrogen-bond acceptors (Lipinski definition) is 5. The summed E-state index contributed by atoms with van der Waals surface area (Å²) in [6.45, 7) is -0.370. The van der Waals surface area contributed by atoms with Gasteiger partial charge in [-0.25, -0.2) is 25.9 Å². The predicted molar refractivity (Wildman–Crippen MR) is 107 cm³/mol. The Hall–Kier alpha value is -1.78. The Balaban J connectivity index is 1.91. The highest BCUT2D eigenvalue weighted by Gasteiger charge is 2.31. The zero-order chi connectivity index (χ0) is 20.4. The van der Waals surface area contributed by atoms with Gasteiger partial charge in [-0.3, -0.25) is 0 Å². The fraction of sp³-hybridized carbons (Fsp3) is 0.111. The summed E-state index contributed by atoms with van der Waals surface area (Å²) in [5.41, 5.74) is 0. The molecule has 0 amide bonds. The normalized spacial score (nSPS) is 13.4. The van der Waals surface area contributed by atoms with Gasteiger partial charge < -0.3 is 0 Å². The largest absolute Gasteiger partial charge is 0.240 e. The maximum absolute atomic E-state index is 13.1. The standard InChI is InChI=1S/C18H15ClFNO4S3/c19-13-3-7-15(8-4-13)27(22,23)18(17-2-1-11-26-17)12-21-28(24,25)16-9-5-14(20)6-10-16/h1-11,18,21H,12H2/t18-/m0/s1. The van der Waals surface area contributed by atoms with E-state index in [9.17, 15) is 21.2 Å². The van der Waals surface area contributed by atoms with E-state index in [4.69, 9.17) is 11.6 Å². The number of halogens is 2. The molecule has 0 aliphatic rings. The highest BCUT2D eigenvalue weighted by atomic mass is 35.5. The van der Waals surface area contributed by atoms with Crippen molar-refractivity contribution in [2.45, 2.75) is 15.0 Å². The van der Waals surface area contributed by atoms with Crippen molar-refractivity contribution in [3.05, 3.63) is 81.8 Å². The van der Waals surface area contributed by atoms with Gasteiger partial charge in [-0.05, 0) is 60.0 Å². The lowest BCUT2D eigenvalue weighted by Crippen LogP contribution is -2.31. The Morgan fingerprint density at radius 3 is 2.11 bits per heavy atom. The van der Waals surface area contributed by atoms with Crippen molar-refractivity contribution in [3.63, 3.8) is 0 Å². The van der Waals surface area contributed by atoms with E-state index in [1.54, 1.807) is 17.5 Å². The van der Waals surface area contributed by atoms with Crippen LogP contribution in [0.5, 0.6) is 0 Å². The minimum Gasteiger partial charge on any atom is -0.223 e. The summed E-state index contributed by atoms with van der Waals surface area (Å²) in [5, 5.41) is 0.987. The maximum Gasteiger partial charge on any atom is 0.240 e. The highest BCUT2D eigenvalue weighted by molar-refractivity contribution is 7.92. The van der Waals surface area contributed by atoms with Crippen molar-refractivity contribution in [2.24, 2.45) is 0 Å². The second-order valence-corrected chi connectivity index (χ2v) is 11.1. The van der Waals surface area contributed by atoms with Crippen molar-refractivity contribution in [2.75, 3.05) is 6.54 Å². The van der Waals surface area contributed by atoms with Gasteiger partial charge >= 0.3 is 0 Å². The van der Waals surface area contributed by atoms with E-state index >= 15 is 0 Å². The summed E-state index contributed by atoms with van der Waals surface area (Å²) in [5.74, 6) is -0.569. The second-order valence-electron chi connectivity index (χ2n) is 5.81. The number of hydrogen-bond donors (Lipinski definition) is 1. The zero-order valence-electron chi connectivity index (χ0n) is 14.2. The molecule has 0 aliphatic carbocycles. The molecule has 0 saturated carbocycles. The highest BCUT2D eigenvalue weighted by Crippen LogP contribution is 2.32. The van der Waals surface area contributed by atoms with E-state index in [1.807, 2.05) is 0 Å². The molecule has 0 unspecified atom stereocenters. The van der Waals surface area contributed by atoms with Crippen LogP contribution in [-0.2, 0) is 19.9 Å². The summed E-state index contributed by atoms with van der Waals surface area (Å²) in [7, 11) is -7.90. The van der Waals surface area contributed by atoms with Crippen LogP contribution in [-0.4, -0.2) is 23.4 Å². The van der Waals surface area contributed by atoms with Gasteiger partial charge in [0.15, 0.2) is 9.84 Å². The summed E-state index contributed by atoms with van der Waals surface area (Å²) in [6, 6.07) is 13.3. The Labute approximate surface area is 171 Å². The molecule has 28 heavy (non-hydrogen) atoms. The first-order chi connectivity index (χ1) is 13.2. The van der Waals surface area contributed by atoms with Gasteiger partial charge in [0.05, 0.1) is 9.79 Å². The Bertz CT molecular complexity index is 1140. The molecule has 0 spiro atoms. The number of nitrogens with one attached hydrogen (secondary N) is 1. The van der Waals surface area contributed by atoms with Gasteiger partial charge in [0.2, 0.25) is 10.0 Å². The molecule has 0 bridgehead atoms. The number of thiophene rings is 1. The van der Waals surface area contributed by atoms with Crippen LogP contribution in [0.15, 0.2) is 75.8 Å². The third kappa shape index (κ3) is 4.61. The quantitative estimate of drug-likeness (QED) is 0.578. The molecular weight excluding hydrogens is 445 g/mol. The summed E-state index contributed by atoms with van der Waals surface area (Å²) >= 11 is 7.04. The summed E-state index contributed by atoms with van der Waals surface area (Å²) in [6.07, 6.45) is 0. The predicted octanol–water partition coefficient (Wildman–Crippen LogP) is 4.03. The maximum atomic E-state index is 13.1. The number of benzene rings is 2. The van der Waals surface area contributed by atoms with Crippen LogP contribution >= 0.6 is 22.9 Å². The molecule has 3 aromatic rings. The van der Waals surface area contributed by atoms with Crippen molar-refractivity contribution in [1.82, 2.24) is 4.72 Å². The molecule has 10 heteroatoms. The average molecular weight is 460 g/mol. The van der Waals surface area contributed by atoms with Gasteiger partial charge in [0.25, 0.3) is 0 Å². The summed E-state index contributed by atoms with van der Waals surface area (Å²) < 4.78 is 66.6. The molecule has 0 aliphatic heterocycles. The third-order valence-corrected chi connectivity index (χ3v) is 8.89. The molecule has 148 valence electrons. The van der Waals surface area contributed by atoms with Gasteiger partial charge in [-0.1, -0.05) is 17.7 Å². The van der Waals surface area contributed by atoms with Crippen LogP contribution in [0.3, 0.4) is 0 Å². The van der Waals surface area contributed by atoms with Crippen LogP contribution < -0.4 is 4.72 Å². The van der Waals surface area contributed by atoms with Gasteiger partial charge in [0, 0.05) is 16.4 Å². The van der Waals surface area contributed by atoms with E-state index in [0.717, 1.165) is 24.3 Å². The van der Waals surface area contributed by atoms with Crippen molar-refractivity contribution >= 4 is 42.8 Å². The molecule has 1 aromatic heterocycles. The van der Waals surface area contributed by atoms with Crippen LogP contribution in [0.2, 0.25) is 5.02 Å². The van der Waals surface area contributed by atoms with Crippen LogP contribution in [0, 0.1) is 5.82 Å². The van der Waals surface area contributed by atoms with Crippen LogP contribution in [0.1, 0.15) is 10.1 Å². The SMILES string of the molecule is O=S(=O)(NC[C@@H](c1cccs1)S(=O)(=O)c1ccc(Cl)cc1)c1ccc(F)cc1. The van der Waals surface area contributed by atoms with Crippen LogP contribution in [0.4, 0.5) is 4.39 Å². The van der Waals surface area contributed by atoms with E-state index in [1.165, 1.54) is 35.6 Å². The van der Waals surface area contributed by atoms with Crippen molar-refractivity contribution in [1.29, 1.82) is 0 Å². The second kappa shape index (κ2) is 8.30. The minimum absolute atomic E-state index is 0.0382. The van der Waals surface area contributed by atoms with E-state index < -0.39 is 30.9 Å². The molecule has 2 aromatic carbocycles. The van der Waals surface area contributed by atoms with Crippen molar-refractivity contribution < 1.29 is 21.2 Å². The lowest BCUT2D eigenvalue weighted by atomic mass is 10.3. The van der Waals surface area contributed by atoms with E-state index in [0.29, 0.717) is 9.90 Å². The monoisotopic (exact) mass is 459 g/mol. The first-order valence-corrected chi connectivity index (χ1v) is 12.3. The molecule has 1 N–H and O–H groups in total. The number of sulfone groups is 1. The fourth-order valence-corrected chi connectivity index (χ4v) is 6.57. The average Bonchev–Trinajstić information content (AvgIpc) is 3.16. The van der Waals surface area contributed by atoms with E-state index in [-0.39, 0.29) is 16.3 Å². The molecule has 1 atom stereocenters. The molecule has 1 heterocycles. The van der Waals surface area contributed by atoms with Gasteiger partial charge in [0.1, 0.15) is 11.1 Å². The Morgan fingerprint density at radius 2 is 1.54 bits per heavy atom. The number of sulfonamides is 1. The summed E-state index contributed by atoms with van der Waals surface area (Å²) in [4.78, 5) is 0.385. The smallest absolute Gasteiger partial charge is 0.223 e. The molecule has 0 fully saturated rings. The van der Waals surface area contributed by atoms with Gasteiger partial charge in [-0.15, -0.1) is 11.3 Å². The lowest BCUT2D eigenvalue weighted by molar-refractivity contribution is 0.569. The number of rotatable bonds is 7. The molecule has 5 nitrogen and oxygen atoms in total. The van der Waals surface area contributed by atoms with E-state index in [2.05, 4.69) is 4.72 Å². The zero-order valence-corrected chi connectivity index (χ0v) is 17.5. The Kier molecular flexibility index (Phi) is 6.21. The molecule has 3 rings (SSSR count). The van der Waals surface area contributed by atoms with Crippen LogP contribution in [0.25, 0.3) is 0 Å². The fourth-order valence-electron chi connectivity index (χ4n) is 2.51. The van der Waals surface area contributed by atoms with Gasteiger partial charge in [-0.2, -0.15) is 0 Å². The topological polar surface area (TPSA) is 80.3 Å². The third-order valence-electron chi connectivity index (χ3n) is 3.96.